The Bertz CT molecular complexity index is 827. The highest BCUT2D eigenvalue weighted by Crippen LogP contribution is 2.22. The lowest BCUT2D eigenvalue weighted by Crippen LogP contribution is -2.45. The highest BCUT2D eigenvalue weighted by atomic mass is 127. The van der Waals surface area contributed by atoms with Crippen LogP contribution >= 0.6 is 24.0 Å². The molecule has 0 aliphatic heterocycles. The van der Waals surface area contributed by atoms with E-state index in [1.807, 2.05) is 19.9 Å². The van der Waals surface area contributed by atoms with Crippen molar-refractivity contribution in [2.45, 2.75) is 19.3 Å². The zero-order valence-electron chi connectivity index (χ0n) is 16.1. The Morgan fingerprint density at radius 3 is 2.29 bits per heavy atom. The molecule has 5 nitrogen and oxygen atoms in total. The van der Waals surface area contributed by atoms with Gasteiger partial charge in [0.25, 0.3) is 0 Å². The molecule has 0 bridgehead atoms. The highest BCUT2D eigenvalue weighted by Gasteiger charge is 2.21. The predicted octanol–water partition coefficient (Wildman–Crippen LogP) is 3.66. The van der Waals surface area contributed by atoms with Gasteiger partial charge in [-0.15, -0.1) is 24.0 Å². The lowest BCUT2D eigenvalue weighted by Gasteiger charge is -2.26. The minimum absolute atomic E-state index is 0. The number of carbonyl (C=O) groups is 1. The van der Waals surface area contributed by atoms with E-state index in [9.17, 15) is 13.6 Å². The van der Waals surface area contributed by atoms with Crippen LogP contribution in [-0.2, 0) is 10.2 Å². The molecular formula is C20H25F2IN4O. The van der Waals surface area contributed by atoms with Gasteiger partial charge in [-0.25, -0.2) is 8.78 Å². The predicted molar refractivity (Wildman–Crippen MR) is 119 cm³/mol. The van der Waals surface area contributed by atoms with Crippen LogP contribution in [0.5, 0.6) is 0 Å². The number of nitrogens with zero attached hydrogens (tertiary/aromatic N) is 1. The summed E-state index contributed by atoms with van der Waals surface area (Å²) in [5, 5.41) is 8.63. The second-order valence-corrected chi connectivity index (χ2v) is 6.73. The molecule has 0 unspecified atom stereocenters. The summed E-state index contributed by atoms with van der Waals surface area (Å²) < 4.78 is 26.6. The molecule has 152 valence electrons. The molecule has 0 saturated heterocycles. The molecule has 28 heavy (non-hydrogen) atoms. The summed E-state index contributed by atoms with van der Waals surface area (Å²) in [6, 6.07) is 12.1. The summed E-state index contributed by atoms with van der Waals surface area (Å²) in [6.45, 7) is 4.43. The van der Waals surface area contributed by atoms with Crippen molar-refractivity contribution < 1.29 is 13.6 Å². The van der Waals surface area contributed by atoms with Crippen LogP contribution < -0.4 is 16.0 Å². The van der Waals surface area contributed by atoms with Crippen molar-refractivity contribution in [1.29, 1.82) is 0 Å². The summed E-state index contributed by atoms with van der Waals surface area (Å²) in [5.74, 6) is -0.586. The molecule has 2 aromatic rings. The van der Waals surface area contributed by atoms with Gasteiger partial charge in [0.15, 0.2) is 5.96 Å². The van der Waals surface area contributed by atoms with Gasteiger partial charge in [-0.1, -0.05) is 32.0 Å². The first kappa shape index (κ1) is 23.8. The normalized spacial score (nSPS) is 11.4. The molecule has 3 N–H and O–H groups in total. The Labute approximate surface area is 181 Å². The zero-order chi connectivity index (χ0) is 19.9. The van der Waals surface area contributed by atoms with E-state index >= 15 is 0 Å². The molecule has 1 amide bonds. The monoisotopic (exact) mass is 502 g/mol. The van der Waals surface area contributed by atoms with Crippen LogP contribution in [0.1, 0.15) is 19.4 Å². The second kappa shape index (κ2) is 10.9. The topological polar surface area (TPSA) is 65.5 Å². The van der Waals surface area contributed by atoms with E-state index in [1.54, 1.807) is 19.2 Å². The lowest BCUT2D eigenvalue weighted by atomic mass is 9.84. The van der Waals surface area contributed by atoms with Crippen LogP contribution in [0.3, 0.4) is 0 Å². The van der Waals surface area contributed by atoms with Gasteiger partial charge in [0.05, 0.1) is 6.54 Å². The van der Waals surface area contributed by atoms with Crippen LogP contribution in [0.15, 0.2) is 53.5 Å². The molecule has 0 aliphatic rings. The summed E-state index contributed by atoms with van der Waals surface area (Å²) >= 11 is 0. The first-order valence-electron chi connectivity index (χ1n) is 8.56. The van der Waals surface area contributed by atoms with Crippen molar-refractivity contribution >= 4 is 41.5 Å². The van der Waals surface area contributed by atoms with Crippen molar-refractivity contribution in [2.75, 3.05) is 25.5 Å². The molecule has 0 aromatic heterocycles. The first-order valence-corrected chi connectivity index (χ1v) is 8.56. The van der Waals surface area contributed by atoms with Crippen molar-refractivity contribution in [1.82, 2.24) is 10.6 Å². The van der Waals surface area contributed by atoms with Gasteiger partial charge in [-0.2, -0.15) is 0 Å². The third-order valence-electron chi connectivity index (χ3n) is 4.05. The van der Waals surface area contributed by atoms with Crippen molar-refractivity contribution in [3.8, 4) is 0 Å². The number of halogens is 3. The molecule has 8 heteroatoms. The second-order valence-electron chi connectivity index (χ2n) is 6.73. The van der Waals surface area contributed by atoms with Gasteiger partial charge in [0, 0.05) is 24.7 Å². The van der Waals surface area contributed by atoms with Crippen LogP contribution in [-0.4, -0.2) is 32.0 Å². The average Bonchev–Trinajstić information content (AvgIpc) is 2.62. The van der Waals surface area contributed by atoms with Crippen molar-refractivity contribution in [3.05, 3.63) is 65.7 Å². The fraction of sp³-hybridized carbons (Fsp3) is 0.300. The van der Waals surface area contributed by atoms with Crippen LogP contribution in [0.4, 0.5) is 14.5 Å². The molecule has 2 aromatic carbocycles. The van der Waals surface area contributed by atoms with Crippen LogP contribution in [0.25, 0.3) is 0 Å². The number of anilines is 1. The number of amides is 1. The van der Waals surface area contributed by atoms with E-state index in [0.29, 0.717) is 18.2 Å². The maximum atomic E-state index is 13.5. The molecule has 0 saturated carbocycles. The standard InChI is InChI=1S/C20H24F2N4O.HI/c1-20(2,14-6-4-7-15(21)10-14)13-25-19(23-3)24-12-18(27)26-17-9-5-8-16(22)11-17;/h4-11H,12-13H2,1-3H3,(H,26,27)(H2,23,24,25);1H. The first-order chi connectivity index (χ1) is 12.8. The molecule has 2 rings (SSSR count). The SMILES string of the molecule is CN=C(NCC(=O)Nc1cccc(F)c1)NCC(C)(C)c1cccc(F)c1.I. The molecule has 0 fully saturated rings. The highest BCUT2D eigenvalue weighted by molar-refractivity contribution is 14.0. The summed E-state index contributed by atoms with van der Waals surface area (Å²) in [7, 11) is 1.59. The molecule has 0 radical (unpaired) electrons. The largest absolute Gasteiger partial charge is 0.356 e. The Kier molecular flexibility index (Phi) is 9.30. The van der Waals surface area contributed by atoms with E-state index in [1.165, 1.54) is 30.3 Å². The fourth-order valence-electron chi connectivity index (χ4n) is 2.47. The van der Waals surface area contributed by atoms with Gasteiger partial charge < -0.3 is 16.0 Å². The minimum Gasteiger partial charge on any atom is -0.356 e. The van der Waals surface area contributed by atoms with Gasteiger partial charge in [-0.3, -0.25) is 9.79 Å². The number of aliphatic imine (C=N–C) groups is 1. The number of hydrogen-bond acceptors (Lipinski definition) is 2. The van der Waals surface area contributed by atoms with Gasteiger partial charge in [0.2, 0.25) is 5.91 Å². The number of nitrogens with one attached hydrogen (secondary N) is 3. The molecule has 0 atom stereocenters. The maximum absolute atomic E-state index is 13.5. The fourth-order valence-corrected chi connectivity index (χ4v) is 2.47. The number of hydrogen-bond donors (Lipinski definition) is 3. The van der Waals surface area contributed by atoms with E-state index in [-0.39, 0.29) is 47.7 Å². The lowest BCUT2D eigenvalue weighted by molar-refractivity contribution is -0.115. The van der Waals surface area contributed by atoms with Crippen LogP contribution in [0, 0.1) is 11.6 Å². The van der Waals surface area contributed by atoms with Gasteiger partial charge in [0.1, 0.15) is 11.6 Å². The summed E-state index contributed by atoms with van der Waals surface area (Å²) in [4.78, 5) is 16.1. The van der Waals surface area contributed by atoms with E-state index in [0.717, 1.165) is 5.56 Å². The van der Waals surface area contributed by atoms with Gasteiger partial charge >= 0.3 is 0 Å². The molecule has 0 spiro atoms. The van der Waals surface area contributed by atoms with Crippen molar-refractivity contribution in [3.63, 3.8) is 0 Å². The average molecular weight is 502 g/mol. The van der Waals surface area contributed by atoms with Crippen molar-refractivity contribution in [2.24, 2.45) is 4.99 Å². The van der Waals surface area contributed by atoms with Crippen LogP contribution in [0.2, 0.25) is 0 Å². The Morgan fingerprint density at radius 2 is 1.68 bits per heavy atom. The Balaban J connectivity index is 0.00000392. The minimum atomic E-state index is -0.419. The Morgan fingerprint density at radius 1 is 1.04 bits per heavy atom. The Hall–Kier alpha value is -2.23. The van der Waals surface area contributed by atoms with E-state index < -0.39 is 5.82 Å². The third kappa shape index (κ3) is 7.41. The maximum Gasteiger partial charge on any atom is 0.243 e. The number of rotatable bonds is 6. The van der Waals surface area contributed by atoms with E-state index in [4.69, 9.17) is 0 Å². The molecule has 0 aliphatic carbocycles. The van der Waals surface area contributed by atoms with E-state index in [2.05, 4.69) is 20.9 Å². The van der Waals surface area contributed by atoms with Gasteiger partial charge in [-0.05, 0) is 35.9 Å². The zero-order valence-corrected chi connectivity index (χ0v) is 18.4. The molecular weight excluding hydrogens is 477 g/mol. The quantitative estimate of drug-likeness (QED) is 0.321. The number of guanidine groups is 1. The molecule has 0 heterocycles. The summed E-state index contributed by atoms with van der Waals surface area (Å²) in [6.07, 6.45) is 0. The smallest absolute Gasteiger partial charge is 0.243 e. The number of carbonyl (C=O) groups excluding carboxylic acids is 1. The third-order valence-corrected chi connectivity index (χ3v) is 4.05. The number of benzene rings is 2. The summed E-state index contributed by atoms with van der Waals surface area (Å²) in [5.41, 5.74) is 0.898.